The van der Waals surface area contributed by atoms with Gasteiger partial charge in [-0.3, -0.25) is 4.40 Å². The minimum Gasteiger partial charge on any atom is -0.480 e. The van der Waals surface area contributed by atoms with Crippen molar-refractivity contribution in [3.05, 3.63) is 24.8 Å². The molecular weight excluding hydrogens is 324 g/mol. The third-order valence-corrected chi connectivity index (χ3v) is 4.10. The number of hydrogen-bond donors (Lipinski definition) is 0. The number of anilines is 1. The molecule has 0 bridgehead atoms. The number of imidazole rings is 1. The van der Waals surface area contributed by atoms with Crippen molar-refractivity contribution in [3.8, 4) is 23.1 Å². The van der Waals surface area contributed by atoms with Crippen molar-refractivity contribution < 1.29 is 14.2 Å². The molecule has 0 atom stereocenters. The Morgan fingerprint density at radius 3 is 2.64 bits per heavy atom. The van der Waals surface area contributed by atoms with Gasteiger partial charge in [-0.05, 0) is 0 Å². The van der Waals surface area contributed by atoms with Crippen LogP contribution in [0.2, 0.25) is 0 Å². The van der Waals surface area contributed by atoms with E-state index in [0.717, 1.165) is 35.8 Å². The fourth-order valence-electron chi connectivity index (χ4n) is 2.88. The van der Waals surface area contributed by atoms with E-state index in [4.69, 9.17) is 14.2 Å². The first kappa shape index (κ1) is 15.6. The Balaban J connectivity index is 1.82. The molecule has 3 aromatic heterocycles. The molecule has 0 saturated carbocycles. The summed E-state index contributed by atoms with van der Waals surface area (Å²) in [6, 6.07) is 0.255. The van der Waals surface area contributed by atoms with Gasteiger partial charge in [-0.15, -0.1) is 0 Å². The minimum absolute atomic E-state index is 0.255. The molecule has 1 fully saturated rings. The van der Waals surface area contributed by atoms with Crippen LogP contribution in [-0.4, -0.2) is 64.9 Å². The molecule has 0 aromatic carbocycles. The van der Waals surface area contributed by atoms with Crippen molar-refractivity contribution in [1.82, 2.24) is 24.3 Å². The normalized spacial score (nSPS) is 14.7. The summed E-state index contributed by atoms with van der Waals surface area (Å²) in [6.45, 7) is 2.97. The maximum absolute atomic E-state index is 5.42. The third kappa shape index (κ3) is 2.72. The summed E-state index contributed by atoms with van der Waals surface area (Å²) in [5.41, 5.74) is 2.33. The maximum Gasteiger partial charge on any atom is 0.319 e. The second-order valence-electron chi connectivity index (χ2n) is 5.47. The Morgan fingerprint density at radius 2 is 1.88 bits per heavy atom. The van der Waals surface area contributed by atoms with Gasteiger partial charge in [-0.25, -0.2) is 15.0 Å². The lowest BCUT2D eigenvalue weighted by Crippen LogP contribution is -2.37. The zero-order valence-corrected chi connectivity index (χ0v) is 14.0. The lowest BCUT2D eigenvalue weighted by molar-refractivity contribution is 0.122. The van der Waals surface area contributed by atoms with Gasteiger partial charge in [0, 0.05) is 31.7 Å². The number of fused-ring (bicyclic) bond motifs is 1. The highest BCUT2D eigenvalue weighted by atomic mass is 16.5. The third-order valence-electron chi connectivity index (χ3n) is 4.10. The SMILES string of the molecule is COc1ncc(-c2cnc3c(N4CCOCC4)nccn23)c(OC)n1. The highest BCUT2D eigenvalue weighted by Gasteiger charge is 2.20. The quantitative estimate of drug-likeness (QED) is 0.695. The lowest BCUT2D eigenvalue weighted by atomic mass is 10.2. The van der Waals surface area contributed by atoms with Crippen LogP contribution in [0.25, 0.3) is 16.9 Å². The number of aromatic nitrogens is 5. The second kappa shape index (κ2) is 6.52. The summed E-state index contributed by atoms with van der Waals surface area (Å²) in [4.78, 5) is 19.7. The van der Waals surface area contributed by atoms with Crippen LogP contribution in [0.5, 0.6) is 11.9 Å². The highest BCUT2D eigenvalue weighted by Crippen LogP contribution is 2.31. The van der Waals surface area contributed by atoms with Gasteiger partial charge in [0.15, 0.2) is 11.5 Å². The predicted molar refractivity (Wildman–Crippen MR) is 90.1 cm³/mol. The Bertz CT molecular complexity index is 891. The predicted octanol–water partition coefficient (Wildman–Crippen LogP) is 1.04. The molecule has 4 rings (SSSR count). The first-order valence-electron chi connectivity index (χ1n) is 7.92. The summed E-state index contributed by atoms with van der Waals surface area (Å²) in [5.74, 6) is 1.27. The molecule has 4 heterocycles. The van der Waals surface area contributed by atoms with Crippen LogP contribution in [0.4, 0.5) is 5.82 Å². The first-order valence-corrected chi connectivity index (χ1v) is 7.92. The van der Waals surface area contributed by atoms with Crippen LogP contribution in [0.1, 0.15) is 0 Å². The molecule has 0 N–H and O–H groups in total. The Morgan fingerprint density at radius 1 is 1.04 bits per heavy atom. The zero-order valence-electron chi connectivity index (χ0n) is 14.0. The van der Waals surface area contributed by atoms with Crippen molar-refractivity contribution in [2.45, 2.75) is 0 Å². The number of methoxy groups -OCH3 is 2. The number of morpholine rings is 1. The van der Waals surface area contributed by atoms with E-state index in [9.17, 15) is 0 Å². The molecule has 0 aliphatic carbocycles. The smallest absolute Gasteiger partial charge is 0.319 e. The molecule has 0 radical (unpaired) electrons. The molecule has 1 aliphatic rings. The van der Waals surface area contributed by atoms with Gasteiger partial charge in [0.1, 0.15) is 0 Å². The van der Waals surface area contributed by atoms with E-state index < -0.39 is 0 Å². The van der Waals surface area contributed by atoms with Crippen LogP contribution >= 0.6 is 0 Å². The van der Waals surface area contributed by atoms with Crippen molar-refractivity contribution in [2.24, 2.45) is 0 Å². The van der Waals surface area contributed by atoms with Gasteiger partial charge in [0.25, 0.3) is 0 Å². The molecule has 0 spiro atoms. The zero-order chi connectivity index (χ0) is 17.2. The van der Waals surface area contributed by atoms with Gasteiger partial charge in [0.05, 0.1) is 44.9 Å². The number of ether oxygens (including phenoxy) is 3. The van der Waals surface area contributed by atoms with Crippen molar-refractivity contribution in [3.63, 3.8) is 0 Å². The van der Waals surface area contributed by atoms with E-state index in [0.29, 0.717) is 19.1 Å². The average molecular weight is 342 g/mol. The molecule has 1 saturated heterocycles. The molecule has 3 aromatic rings. The standard InChI is InChI=1S/C16H18N6O3/c1-23-15-11(9-19-16(20-15)24-2)12-10-18-14-13(17-3-4-22(12)14)21-5-7-25-8-6-21/h3-4,9-10H,5-8H2,1-2H3. The van der Waals surface area contributed by atoms with Gasteiger partial charge < -0.3 is 19.1 Å². The fourth-order valence-corrected chi connectivity index (χ4v) is 2.88. The summed E-state index contributed by atoms with van der Waals surface area (Å²) < 4.78 is 17.8. The van der Waals surface area contributed by atoms with Crippen LogP contribution in [0.3, 0.4) is 0 Å². The van der Waals surface area contributed by atoms with Gasteiger partial charge in [0.2, 0.25) is 5.88 Å². The van der Waals surface area contributed by atoms with E-state index in [2.05, 4.69) is 24.8 Å². The Hall–Kier alpha value is -2.94. The molecule has 25 heavy (non-hydrogen) atoms. The largest absolute Gasteiger partial charge is 0.480 e. The molecule has 0 amide bonds. The molecule has 1 aliphatic heterocycles. The summed E-state index contributed by atoms with van der Waals surface area (Å²) in [6.07, 6.45) is 7.07. The van der Waals surface area contributed by atoms with Crippen molar-refractivity contribution >= 4 is 11.5 Å². The summed E-state index contributed by atoms with van der Waals surface area (Å²) in [7, 11) is 3.08. The molecular formula is C16H18N6O3. The van der Waals surface area contributed by atoms with Crippen molar-refractivity contribution in [1.29, 1.82) is 0 Å². The Labute approximate surface area is 144 Å². The number of nitrogens with zero attached hydrogens (tertiary/aromatic N) is 6. The van der Waals surface area contributed by atoms with E-state index in [1.165, 1.54) is 7.11 Å². The molecule has 130 valence electrons. The second-order valence-corrected chi connectivity index (χ2v) is 5.47. The minimum atomic E-state index is 0.255. The first-order chi connectivity index (χ1) is 12.3. The lowest BCUT2D eigenvalue weighted by Gasteiger charge is -2.27. The average Bonchev–Trinajstić information content (AvgIpc) is 3.12. The van der Waals surface area contributed by atoms with E-state index in [-0.39, 0.29) is 6.01 Å². The van der Waals surface area contributed by atoms with Gasteiger partial charge >= 0.3 is 6.01 Å². The van der Waals surface area contributed by atoms with Crippen LogP contribution in [0, 0.1) is 0 Å². The maximum atomic E-state index is 5.42. The van der Waals surface area contributed by atoms with Gasteiger partial charge in [-0.1, -0.05) is 0 Å². The molecule has 9 nitrogen and oxygen atoms in total. The monoisotopic (exact) mass is 342 g/mol. The Kier molecular flexibility index (Phi) is 4.06. The molecule has 9 heteroatoms. The van der Waals surface area contributed by atoms with E-state index in [1.807, 2.05) is 10.6 Å². The molecule has 0 unspecified atom stereocenters. The topological polar surface area (TPSA) is 86.9 Å². The van der Waals surface area contributed by atoms with Crippen LogP contribution in [-0.2, 0) is 4.74 Å². The van der Waals surface area contributed by atoms with Crippen molar-refractivity contribution in [2.75, 3.05) is 45.4 Å². The van der Waals surface area contributed by atoms with E-state index >= 15 is 0 Å². The van der Waals surface area contributed by atoms with Crippen LogP contribution < -0.4 is 14.4 Å². The number of hydrogen-bond acceptors (Lipinski definition) is 8. The summed E-state index contributed by atoms with van der Waals surface area (Å²) in [5, 5.41) is 0. The van der Waals surface area contributed by atoms with Gasteiger partial charge in [-0.2, -0.15) is 4.98 Å². The van der Waals surface area contributed by atoms with Crippen LogP contribution in [0.15, 0.2) is 24.8 Å². The highest BCUT2D eigenvalue weighted by molar-refractivity contribution is 5.73. The number of rotatable bonds is 4. The summed E-state index contributed by atoms with van der Waals surface area (Å²) >= 11 is 0. The fraction of sp³-hybridized carbons (Fsp3) is 0.375. The van der Waals surface area contributed by atoms with E-state index in [1.54, 1.807) is 25.7 Å².